The Bertz CT molecular complexity index is 927. The Labute approximate surface area is 153 Å². The van der Waals surface area contributed by atoms with E-state index in [2.05, 4.69) is 35.4 Å². The molecule has 1 aliphatic rings. The van der Waals surface area contributed by atoms with Crippen molar-refractivity contribution in [1.82, 2.24) is 19.5 Å². The van der Waals surface area contributed by atoms with E-state index in [0.29, 0.717) is 0 Å². The maximum absolute atomic E-state index is 11.9. The number of aromatic nitrogens is 4. The minimum atomic E-state index is -4.75. The van der Waals surface area contributed by atoms with Crippen LogP contribution in [0.2, 0.25) is 0 Å². The van der Waals surface area contributed by atoms with Crippen LogP contribution < -0.4 is 11.3 Å². The average molecular weight is 456 g/mol. The highest BCUT2D eigenvalue weighted by molar-refractivity contribution is 9.10. The van der Waals surface area contributed by atoms with Gasteiger partial charge in [0.25, 0.3) is 5.56 Å². The minimum absolute atomic E-state index is 0.0143. The predicted octanol–water partition coefficient (Wildman–Crippen LogP) is -1.94. The van der Waals surface area contributed by atoms with Crippen LogP contribution >= 0.6 is 23.8 Å². The molecule has 0 bridgehead atoms. The average Bonchev–Trinajstić information content (AvgIpc) is 2.97. The van der Waals surface area contributed by atoms with Crippen LogP contribution in [-0.4, -0.2) is 70.5 Å². The molecule has 1 saturated heterocycles. The fourth-order valence-electron chi connectivity index (χ4n) is 2.63. The quantitative estimate of drug-likeness (QED) is 0.216. The lowest BCUT2D eigenvalue weighted by atomic mass is 10.1. The summed E-state index contributed by atoms with van der Waals surface area (Å²) < 4.78 is 22.1. The fraction of sp³-hybridized carbons (Fsp3) is 0.545. The highest BCUT2D eigenvalue weighted by Gasteiger charge is 2.44. The maximum atomic E-state index is 11.9. The molecular formula is C11H15BrN5O8P. The van der Waals surface area contributed by atoms with E-state index in [-0.39, 0.29) is 28.4 Å². The summed E-state index contributed by atoms with van der Waals surface area (Å²) in [6.45, 7) is -0.687. The first-order valence-electron chi connectivity index (χ1n) is 7.20. The van der Waals surface area contributed by atoms with Crippen LogP contribution in [0.5, 0.6) is 0 Å². The van der Waals surface area contributed by atoms with Gasteiger partial charge in [0.05, 0.1) is 13.2 Å². The number of aliphatic hydroxyl groups excluding tert-OH is 2. The van der Waals surface area contributed by atoms with Gasteiger partial charge in [-0.05, 0) is 15.9 Å². The van der Waals surface area contributed by atoms with Gasteiger partial charge in [0, 0.05) is 0 Å². The molecule has 0 amide bonds. The topological polar surface area (TPSA) is 206 Å². The summed E-state index contributed by atoms with van der Waals surface area (Å²) in [6.07, 6.45) is -4.94. The first-order valence-corrected chi connectivity index (χ1v) is 9.52. The van der Waals surface area contributed by atoms with Crippen molar-refractivity contribution < 1.29 is 33.8 Å². The Morgan fingerprint density at radius 2 is 1.96 bits per heavy atom. The van der Waals surface area contributed by atoms with Crippen molar-refractivity contribution in [2.45, 2.75) is 31.0 Å². The van der Waals surface area contributed by atoms with E-state index in [0.717, 1.165) is 0 Å². The van der Waals surface area contributed by atoms with E-state index >= 15 is 0 Å². The fourth-order valence-corrected chi connectivity index (χ4v) is 3.46. The molecule has 1 unspecified atom stereocenters. The smallest absolute Gasteiger partial charge is 0.388 e. The summed E-state index contributed by atoms with van der Waals surface area (Å²) in [7, 11) is -4.75. The summed E-state index contributed by atoms with van der Waals surface area (Å²) in [6, 6.07) is 0. The number of fused-ring (bicyclic) bond motifs is 1. The monoisotopic (exact) mass is 455 g/mol. The SMILES string of the molecule is Nc1nc2c(nc(Br)n2C[C@@H]2O[C@H](COP(=O)(O)O)[C@@H](O)C2O)c(=O)[nH]1. The number of H-pyrrole nitrogens is 1. The first kappa shape index (κ1) is 19.4. The van der Waals surface area contributed by atoms with Crippen molar-refractivity contribution >= 4 is 40.9 Å². The standard InChI is InChI=1S/C11H15BrN5O8P/c12-10-14-5-8(15-11(13)16-9(5)20)17(10)1-3-6(18)7(19)4(25-3)2-24-26(21,22)23/h3-4,6-7,18-19H,1-2H2,(H2,21,22,23)(H3,13,15,16,20)/t3-,4+,6?,7+/m0/s1. The number of halogens is 1. The number of phosphoric acid groups is 1. The lowest BCUT2D eigenvalue weighted by molar-refractivity contribution is -0.0259. The predicted molar refractivity (Wildman–Crippen MR) is 88.9 cm³/mol. The van der Waals surface area contributed by atoms with Crippen molar-refractivity contribution in [3.63, 3.8) is 0 Å². The van der Waals surface area contributed by atoms with E-state index in [1.807, 2.05) is 0 Å². The van der Waals surface area contributed by atoms with Crippen LogP contribution in [0.3, 0.4) is 0 Å². The van der Waals surface area contributed by atoms with Crippen LogP contribution in [0.1, 0.15) is 0 Å². The van der Waals surface area contributed by atoms with Crippen LogP contribution in [0.25, 0.3) is 11.2 Å². The van der Waals surface area contributed by atoms with Gasteiger partial charge in [0.1, 0.15) is 24.4 Å². The number of hydrogen-bond acceptors (Lipinski definition) is 9. The number of nitrogens with one attached hydrogen (secondary N) is 1. The third-order valence-electron chi connectivity index (χ3n) is 3.81. The van der Waals surface area contributed by atoms with E-state index < -0.39 is 44.4 Å². The number of aromatic amines is 1. The Balaban J connectivity index is 1.83. The summed E-state index contributed by atoms with van der Waals surface area (Å²) >= 11 is 3.17. The number of anilines is 1. The molecule has 26 heavy (non-hydrogen) atoms. The van der Waals surface area contributed by atoms with Crippen molar-refractivity contribution in [2.75, 3.05) is 12.3 Å². The van der Waals surface area contributed by atoms with Crippen molar-refractivity contribution in [2.24, 2.45) is 0 Å². The van der Waals surface area contributed by atoms with E-state index in [9.17, 15) is 19.6 Å². The summed E-state index contributed by atoms with van der Waals surface area (Å²) in [4.78, 5) is 39.6. The summed E-state index contributed by atoms with van der Waals surface area (Å²) in [5, 5.41) is 20.1. The second-order valence-corrected chi connectivity index (χ2v) is 7.54. The van der Waals surface area contributed by atoms with E-state index in [1.54, 1.807) is 0 Å². The molecule has 0 spiro atoms. The molecular weight excluding hydrogens is 441 g/mol. The third-order valence-corrected chi connectivity index (χ3v) is 4.90. The molecule has 144 valence electrons. The Hall–Kier alpha value is -1.38. The number of rotatable bonds is 5. The molecule has 0 radical (unpaired) electrons. The number of nitrogens with zero attached hydrogens (tertiary/aromatic N) is 3. The van der Waals surface area contributed by atoms with Crippen molar-refractivity contribution in [1.29, 1.82) is 0 Å². The number of imidazole rings is 1. The van der Waals surface area contributed by atoms with Crippen LogP contribution in [0.4, 0.5) is 5.95 Å². The molecule has 15 heteroatoms. The molecule has 0 saturated carbocycles. The second kappa shape index (κ2) is 6.98. The van der Waals surface area contributed by atoms with Crippen LogP contribution in [0.15, 0.2) is 9.53 Å². The van der Waals surface area contributed by atoms with Gasteiger partial charge in [-0.1, -0.05) is 0 Å². The van der Waals surface area contributed by atoms with Gasteiger partial charge in [-0.3, -0.25) is 14.3 Å². The lowest BCUT2D eigenvalue weighted by Gasteiger charge is -2.16. The van der Waals surface area contributed by atoms with Gasteiger partial charge in [-0.25, -0.2) is 9.55 Å². The zero-order valence-corrected chi connectivity index (χ0v) is 15.4. The molecule has 4 atom stereocenters. The largest absolute Gasteiger partial charge is 0.469 e. The van der Waals surface area contributed by atoms with Crippen LogP contribution in [-0.2, 0) is 20.4 Å². The van der Waals surface area contributed by atoms with Crippen molar-refractivity contribution in [3.05, 3.63) is 15.1 Å². The maximum Gasteiger partial charge on any atom is 0.469 e. The van der Waals surface area contributed by atoms with Gasteiger partial charge in [-0.15, -0.1) is 0 Å². The van der Waals surface area contributed by atoms with Gasteiger partial charge in [-0.2, -0.15) is 4.98 Å². The summed E-state index contributed by atoms with van der Waals surface area (Å²) in [5.74, 6) is -0.128. The number of ether oxygens (including phenoxy) is 1. The third kappa shape index (κ3) is 3.82. The number of nitrogens with two attached hydrogens (primary N) is 1. The number of phosphoric ester groups is 1. The molecule has 3 rings (SSSR count). The van der Waals surface area contributed by atoms with E-state index in [1.165, 1.54) is 4.57 Å². The van der Waals surface area contributed by atoms with E-state index in [4.69, 9.17) is 20.3 Å². The first-order chi connectivity index (χ1) is 12.1. The highest BCUT2D eigenvalue weighted by Crippen LogP contribution is 2.37. The van der Waals surface area contributed by atoms with Gasteiger partial charge in [0.2, 0.25) is 5.95 Å². The molecule has 2 aromatic heterocycles. The molecule has 13 nitrogen and oxygen atoms in total. The van der Waals surface area contributed by atoms with Gasteiger partial charge >= 0.3 is 7.82 Å². The number of nitrogen functional groups attached to an aromatic ring is 1. The molecule has 7 N–H and O–H groups in total. The number of hydrogen-bond donors (Lipinski definition) is 6. The lowest BCUT2D eigenvalue weighted by Crippen LogP contribution is -2.35. The molecule has 1 fully saturated rings. The normalized spacial score (nSPS) is 26.7. The molecule has 0 aromatic carbocycles. The Morgan fingerprint density at radius 3 is 2.62 bits per heavy atom. The zero-order chi connectivity index (χ0) is 19.2. The van der Waals surface area contributed by atoms with Gasteiger partial charge < -0.3 is 35.0 Å². The number of aliphatic hydroxyl groups is 2. The molecule has 0 aliphatic carbocycles. The zero-order valence-electron chi connectivity index (χ0n) is 12.9. The Kier molecular flexibility index (Phi) is 5.20. The summed E-state index contributed by atoms with van der Waals surface area (Å²) in [5.41, 5.74) is 5.13. The molecule has 2 aromatic rings. The van der Waals surface area contributed by atoms with Crippen LogP contribution in [0, 0.1) is 0 Å². The highest BCUT2D eigenvalue weighted by atomic mass is 79.9. The minimum Gasteiger partial charge on any atom is -0.388 e. The second-order valence-electron chi connectivity index (χ2n) is 5.60. The Morgan fingerprint density at radius 1 is 1.31 bits per heavy atom. The molecule has 1 aliphatic heterocycles. The van der Waals surface area contributed by atoms with Crippen molar-refractivity contribution in [3.8, 4) is 0 Å². The molecule has 3 heterocycles. The van der Waals surface area contributed by atoms with Gasteiger partial charge in [0.15, 0.2) is 15.9 Å².